The van der Waals surface area contributed by atoms with Gasteiger partial charge in [0.25, 0.3) is 0 Å². The maximum Gasteiger partial charge on any atom is 0.318 e. The Kier molecular flexibility index (Phi) is 7.13. The van der Waals surface area contributed by atoms with E-state index in [-0.39, 0.29) is 11.9 Å². The Morgan fingerprint density at radius 2 is 1.92 bits per heavy atom. The Labute approximate surface area is 220 Å². The standard InChI is InChI=1S/C26H29N9O3/c1-5-21(36)18-12-28-23(31-22-9-10-27-26(32-22)38-16-13-34(2)14-16)11-20(18)30-19-8-6-7-17(24(19)37-4)25-29-15-35(3)33-25/h6-12,15-16H,5,13-14H2,1-4H3,(H2,27,28,30,31,32). The molecular formula is C26H29N9O3. The number of nitrogens with zero attached hydrogens (tertiary/aromatic N) is 7. The van der Waals surface area contributed by atoms with Gasteiger partial charge in [-0.3, -0.25) is 14.4 Å². The maximum absolute atomic E-state index is 12.7. The van der Waals surface area contributed by atoms with Crippen LogP contribution in [-0.4, -0.2) is 73.8 Å². The number of likely N-dealkylation sites (tertiary alicyclic amines) is 1. The summed E-state index contributed by atoms with van der Waals surface area (Å²) in [6.45, 7) is 3.49. The number of Topliss-reactive ketones (excluding diaryl/α,β-unsaturated/α-hetero) is 1. The lowest BCUT2D eigenvalue weighted by atomic mass is 10.1. The summed E-state index contributed by atoms with van der Waals surface area (Å²) in [6.07, 6.45) is 5.22. The highest BCUT2D eigenvalue weighted by molar-refractivity contribution is 6.02. The Balaban J connectivity index is 1.43. The van der Waals surface area contributed by atoms with Crippen LogP contribution in [0.5, 0.6) is 11.8 Å². The molecular weight excluding hydrogens is 486 g/mol. The van der Waals surface area contributed by atoms with Gasteiger partial charge in [-0.25, -0.2) is 15.0 Å². The average molecular weight is 516 g/mol. The molecule has 0 aliphatic carbocycles. The zero-order valence-electron chi connectivity index (χ0n) is 21.7. The number of anilines is 4. The first-order chi connectivity index (χ1) is 18.4. The molecule has 0 bridgehead atoms. The predicted molar refractivity (Wildman–Crippen MR) is 142 cm³/mol. The van der Waals surface area contributed by atoms with E-state index in [4.69, 9.17) is 9.47 Å². The number of ether oxygens (including phenoxy) is 2. The molecule has 1 aliphatic heterocycles. The second kappa shape index (κ2) is 10.8. The summed E-state index contributed by atoms with van der Waals surface area (Å²) in [5, 5.41) is 10.9. The van der Waals surface area contributed by atoms with Gasteiger partial charge >= 0.3 is 6.01 Å². The van der Waals surface area contributed by atoms with Crippen molar-refractivity contribution in [2.75, 3.05) is 37.9 Å². The van der Waals surface area contributed by atoms with E-state index in [0.29, 0.717) is 52.6 Å². The van der Waals surface area contributed by atoms with E-state index in [1.807, 2.05) is 32.2 Å². The van der Waals surface area contributed by atoms with Crippen LogP contribution in [0.25, 0.3) is 11.4 Å². The van der Waals surface area contributed by atoms with Crippen LogP contribution in [0.15, 0.2) is 49.1 Å². The largest absolute Gasteiger partial charge is 0.494 e. The van der Waals surface area contributed by atoms with E-state index < -0.39 is 0 Å². The lowest BCUT2D eigenvalue weighted by Gasteiger charge is -2.35. The monoisotopic (exact) mass is 515 g/mol. The number of rotatable bonds is 10. The molecule has 1 saturated heterocycles. The minimum atomic E-state index is -0.0451. The minimum Gasteiger partial charge on any atom is -0.494 e. The molecule has 196 valence electrons. The van der Waals surface area contributed by atoms with E-state index in [1.54, 1.807) is 49.7 Å². The number of hydrogen-bond donors (Lipinski definition) is 2. The highest BCUT2D eigenvalue weighted by Gasteiger charge is 2.26. The third kappa shape index (κ3) is 5.39. The first kappa shape index (κ1) is 25.1. The van der Waals surface area contributed by atoms with Gasteiger partial charge in [0.2, 0.25) is 0 Å². The van der Waals surface area contributed by atoms with Gasteiger partial charge in [0.1, 0.15) is 24.1 Å². The maximum atomic E-state index is 12.7. The molecule has 4 aromatic rings. The first-order valence-electron chi connectivity index (χ1n) is 12.2. The normalized spacial score (nSPS) is 13.6. The summed E-state index contributed by atoms with van der Waals surface area (Å²) in [4.78, 5) is 32.4. The van der Waals surface area contributed by atoms with E-state index in [0.717, 1.165) is 18.7 Å². The van der Waals surface area contributed by atoms with E-state index >= 15 is 0 Å². The second-order valence-electron chi connectivity index (χ2n) is 8.96. The van der Waals surface area contributed by atoms with E-state index in [2.05, 4.69) is 40.6 Å². The Bertz CT molecular complexity index is 1450. The fourth-order valence-electron chi connectivity index (χ4n) is 4.14. The molecule has 0 saturated carbocycles. The molecule has 4 heterocycles. The first-order valence-corrected chi connectivity index (χ1v) is 12.2. The number of benzene rings is 1. The number of para-hydroxylation sites is 1. The van der Waals surface area contributed by atoms with Crippen molar-refractivity contribution in [3.8, 4) is 23.1 Å². The van der Waals surface area contributed by atoms with Gasteiger partial charge in [-0.05, 0) is 25.2 Å². The van der Waals surface area contributed by atoms with E-state index in [1.165, 1.54) is 0 Å². The van der Waals surface area contributed by atoms with Gasteiger partial charge < -0.3 is 20.1 Å². The van der Waals surface area contributed by atoms with Crippen molar-refractivity contribution >= 4 is 28.8 Å². The topological polar surface area (TPSA) is 132 Å². The molecule has 0 unspecified atom stereocenters. The summed E-state index contributed by atoms with van der Waals surface area (Å²) in [5.41, 5.74) is 2.41. The van der Waals surface area contributed by atoms with E-state index in [9.17, 15) is 4.79 Å². The quantitative estimate of drug-likeness (QED) is 0.301. The smallest absolute Gasteiger partial charge is 0.318 e. The van der Waals surface area contributed by atoms with Gasteiger partial charge in [-0.2, -0.15) is 10.1 Å². The van der Waals surface area contributed by atoms with Crippen LogP contribution in [0.1, 0.15) is 23.7 Å². The fraction of sp³-hybridized carbons (Fsp3) is 0.308. The number of carbonyl (C=O) groups is 1. The zero-order valence-corrected chi connectivity index (χ0v) is 21.7. The van der Waals surface area contributed by atoms with Crippen LogP contribution in [0.3, 0.4) is 0 Å². The van der Waals surface area contributed by atoms with Crippen molar-refractivity contribution in [1.82, 2.24) is 34.6 Å². The molecule has 12 heteroatoms. The van der Waals surface area contributed by atoms with Crippen LogP contribution >= 0.6 is 0 Å². The van der Waals surface area contributed by atoms with Crippen molar-refractivity contribution in [1.29, 1.82) is 0 Å². The van der Waals surface area contributed by atoms with Crippen molar-refractivity contribution in [3.05, 3.63) is 54.6 Å². The fourth-order valence-corrected chi connectivity index (χ4v) is 4.14. The molecule has 3 aromatic heterocycles. The Morgan fingerprint density at radius 1 is 1.08 bits per heavy atom. The van der Waals surface area contributed by atoms with Crippen molar-refractivity contribution in [2.24, 2.45) is 7.05 Å². The molecule has 0 amide bonds. The molecule has 1 fully saturated rings. The van der Waals surface area contributed by atoms with Crippen LogP contribution in [0.2, 0.25) is 0 Å². The summed E-state index contributed by atoms with van der Waals surface area (Å²) < 4.78 is 13.2. The van der Waals surface area contributed by atoms with Gasteiger partial charge in [0.15, 0.2) is 17.4 Å². The third-order valence-electron chi connectivity index (χ3n) is 6.05. The van der Waals surface area contributed by atoms with Crippen molar-refractivity contribution in [3.63, 3.8) is 0 Å². The number of aromatic nitrogens is 6. The Hall–Kier alpha value is -4.58. The molecule has 0 radical (unpaired) electrons. The number of hydrogen-bond acceptors (Lipinski definition) is 11. The third-order valence-corrected chi connectivity index (χ3v) is 6.05. The zero-order chi connectivity index (χ0) is 26.6. The Morgan fingerprint density at radius 3 is 2.63 bits per heavy atom. The molecule has 12 nitrogen and oxygen atoms in total. The molecule has 1 aliphatic rings. The number of carbonyl (C=O) groups excluding carboxylic acids is 1. The van der Waals surface area contributed by atoms with Gasteiger partial charge in [0, 0.05) is 45.0 Å². The van der Waals surface area contributed by atoms with Gasteiger partial charge in [-0.1, -0.05) is 13.0 Å². The minimum absolute atomic E-state index is 0.0451. The molecule has 5 rings (SSSR count). The molecule has 0 atom stereocenters. The molecule has 0 spiro atoms. The van der Waals surface area contributed by atoms with Crippen LogP contribution < -0.4 is 20.1 Å². The van der Waals surface area contributed by atoms with Crippen molar-refractivity contribution in [2.45, 2.75) is 19.4 Å². The van der Waals surface area contributed by atoms with Gasteiger partial charge in [0.05, 0.1) is 29.6 Å². The number of methoxy groups -OCH3 is 1. The predicted octanol–water partition coefficient (Wildman–Crippen LogP) is 3.45. The lowest BCUT2D eigenvalue weighted by molar-refractivity contribution is 0.0321. The summed E-state index contributed by atoms with van der Waals surface area (Å²) in [7, 11) is 5.42. The highest BCUT2D eigenvalue weighted by Crippen LogP contribution is 2.37. The summed E-state index contributed by atoms with van der Waals surface area (Å²) in [6, 6.07) is 9.41. The number of ketones is 1. The number of nitrogens with one attached hydrogen (secondary N) is 2. The van der Waals surface area contributed by atoms with Gasteiger partial charge in [-0.15, -0.1) is 0 Å². The second-order valence-corrected chi connectivity index (χ2v) is 8.96. The number of pyridine rings is 1. The molecule has 2 N–H and O–H groups in total. The van der Waals surface area contributed by atoms with Crippen LogP contribution in [-0.2, 0) is 7.05 Å². The molecule has 38 heavy (non-hydrogen) atoms. The SMILES string of the molecule is CCC(=O)c1cnc(Nc2ccnc(OC3CN(C)C3)n2)cc1Nc1cccc(-c2ncn(C)n2)c1OC. The summed E-state index contributed by atoms with van der Waals surface area (Å²) >= 11 is 0. The molecule has 1 aromatic carbocycles. The number of likely N-dealkylation sites (N-methyl/N-ethyl adjacent to an activating group) is 1. The van der Waals surface area contributed by atoms with Crippen molar-refractivity contribution < 1.29 is 14.3 Å². The lowest BCUT2D eigenvalue weighted by Crippen LogP contribution is -2.51. The highest BCUT2D eigenvalue weighted by atomic mass is 16.5. The van der Waals surface area contributed by atoms with Crippen LogP contribution in [0, 0.1) is 0 Å². The summed E-state index contributed by atoms with van der Waals surface area (Å²) in [5.74, 6) is 2.06. The number of aryl methyl sites for hydroxylation is 1. The van der Waals surface area contributed by atoms with Crippen LogP contribution in [0.4, 0.5) is 23.0 Å². The average Bonchev–Trinajstić information content (AvgIpc) is 3.33.